The van der Waals surface area contributed by atoms with Crippen LogP contribution in [0.15, 0.2) is 18.2 Å². The summed E-state index contributed by atoms with van der Waals surface area (Å²) >= 11 is 6.08. The van der Waals surface area contributed by atoms with E-state index in [1.54, 1.807) is 66.7 Å². The molecule has 0 saturated carbocycles. The number of carbonyl (C=O) groups excluding carboxylic acids is 3. The van der Waals surface area contributed by atoms with Crippen molar-refractivity contribution in [3.63, 3.8) is 0 Å². The lowest BCUT2D eigenvalue weighted by Crippen LogP contribution is -2.45. The van der Waals surface area contributed by atoms with Gasteiger partial charge in [-0.3, -0.25) is 4.79 Å². The summed E-state index contributed by atoms with van der Waals surface area (Å²) < 4.78 is 10.8. The zero-order valence-corrected chi connectivity index (χ0v) is 17.7. The molecule has 0 aromatic heterocycles. The Morgan fingerprint density at radius 3 is 1.93 bits per heavy atom. The van der Waals surface area contributed by atoms with Gasteiger partial charge in [-0.25, -0.2) is 14.5 Å². The SMILES string of the molecule is CC[C@H](c1cc(Cl)ccc1C=O)N(C(=O)OC(C)(C)C)C(=O)OC(C)(C)C. The third-order valence-electron chi connectivity index (χ3n) is 3.41. The van der Waals surface area contributed by atoms with E-state index in [1.807, 2.05) is 0 Å². The fourth-order valence-corrected chi connectivity index (χ4v) is 2.61. The number of carbonyl (C=O) groups is 3. The minimum Gasteiger partial charge on any atom is -0.443 e. The zero-order valence-electron chi connectivity index (χ0n) is 17.0. The van der Waals surface area contributed by atoms with E-state index >= 15 is 0 Å². The third-order valence-corrected chi connectivity index (χ3v) is 3.65. The van der Waals surface area contributed by atoms with Gasteiger partial charge in [-0.1, -0.05) is 18.5 Å². The fraction of sp³-hybridized carbons (Fsp3) is 0.550. The van der Waals surface area contributed by atoms with Crippen LogP contribution < -0.4 is 0 Å². The largest absolute Gasteiger partial charge is 0.443 e. The molecule has 7 heteroatoms. The molecular weight excluding hydrogens is 370 g/mol. The first kappa shape index (κ1) is 23.0. The molecule has 0 bridgehead atoms. The van der Waals surface area contributed by atoms with Gasteiger partial charge in [0.25, 0.3) is 0 Å². The Hall–Kier alpha value is -2.08. The lowest BCUT2D eigenvalue weighted by molar-refractivity contribution is -0.00814. The van der Waals surface area contributed by atoms with Crippen LogP contribution in [0.25, 0.3) is 0 Å². The van der Waals surface area contributed by atoms with Crippen LogP contribution >= 0.6 is 11.6 Å². The molecule has 2 amide bonds. The molecule has 1 rings (SSSR count). The van der Waals surface area contributed by atoms with Crippen molar-refractivity contribution in [2.45, 2.75) is 72.1 Å². The van der Waals surface area contributed by atoms with Gasteiger partial charge < -0.3 is 9.47 Å². The van der Waals surface area contributed by atoms with Crippen LogP contribution in [-0.2, 0) is 9.47 Å². The highest BCUT2D eigenvalue weighted by Crippen LogP contribution is 2.31. The van der Waals surface area contributed by atoms with Crippen molar-refractivity contribution in [1.29, 1.82) is 0 Å². The molecule has 1 aromatic carbocycles. The standard InChI is InChI=1S/C20H28ClNO5/c1-8-16(15-11-14(21)10-9-13(15)12-23)22(17(24)26-19(2,3)4)18(25)27-20(5,6)7/h9-12,16H,8H2,1-7H3/t16-/m1/s1. The predicted molar refractivity (Wildman–Crippen MR) is 104 cm³/mol. The van der Waals surface area contributed by atoms with Gasteiger partial charge in [0.05, 0.1) is 6.04 Å². The van der Waals surface area contributed by atoms with E-state index in [0.717, 1.165) is 4.90 Å². The van der Waals surface area contributed by atoms with Crippen molar-refractivity contribution in [3.05, 3.63) is 34.3 Å². The van der Waals surface area contributed by atoms with E-state index in [4.69, 9.17) is 21.1 Å². The summed E-state index contributed by atoms with van der Waals surface area (Å²) in [6.07, 6.45) is -0.683. The van der Waals surface area contributed by atoms with Crippen molar-refractivity contribution in [2.75, 3.05) is 0 Å². The second-order valence-corrected chi connectivity index (χ2v) is 8.58. The van der Waals surface area contributed by atoms with E-state index in [2.05, 4.69) is 0 Å². The average molecular weight is 398 g/mol. The number of imide groups is 1. The van der Waals surface area contributed by atoms with Crippen molar-refractivity contribution >= 4 is 30.1 Å². The van der Waals surface area contributed by atoms with Gasteiger partial charge in [0.2, 0.25) is 0 Å². The van der Waals surface area contributed by atoms with Gasteiger partial charge in [-0.2, -0.15) is 0 Å². The Morgan fingerprint density at radius 1 is 1.07 bits per heavy atom. The first-order valence-electron chi connectivity index (χ1n) is 8.79. The monoisotopic (exact) mass is 397 g/mol. The van der Waals surface area contributed by atoms with Gasteiger partial charge in [-0.05, 0) is 71.7 Å². The Kier molecular flexibility index (Phi) is 7.43. The van der Waals surface area contributed by atoms with Gasteiger partial charge in [0, 0.05) is 10.6 Å². The highest BCUT2D eigenvalue weighted by Gasteiger charge is 2.37. The summed E-state index contributed by atoms with van der Waals surface area (Å²) in [7, 11) is 0. The molecule has 0 aliphatic rings. The maximum absolute atomic E-state index is 12.8. The number of hydrogen-bond acceptors (Lipinski definition) is 5. The van der Waals surface area contributed by atoms with Crippen LogP contribution in [0, 0.1) is 0 Å². The summed E-state index contributed by atoms with van der Waals surface area (Å²) in [4.78, 5) is 38.0. The summed E-state index contributed by atoms with van der Waals surface area (Å²) in [5.74, 6) is 0. The minimum atomic E-state index is -0.847. The van der Waals surface area contributed by atoms with Crippen LogP contribution in [0.5, 0.6) is 0 Å². The number of hydrogen-bond donors (Lipinski definition) is 0. The Labute approximate surface area is 165 Å². The first-order valence-corrected chi connectivity index (χ1v) is 9.16. The number of nitrogens with zero attached hydrogens (tertiary/aromatic N) is 1. The molecule has 27 heavy (non-hydrogen) atoms. The normalized spacial score (nSPS) is 12.9. The second kappa shape index (κ2) is 8.74. The Morgan fingerprint density at radius 2 is 1.56 bits per heavy atom. The molecule has 1 aromatic rings. The minimum absolute atomic E-state index is 0.336. The van der Waals surface area contributed by atoms with E-state index in [1.165, 1.54) is 0 Å². The van der Waals surface area contributed by atoms with Crippen LogP contribution in [0.2, 0.25) is 5.02 Å². The molecular formula is C20H28ClNO5. The van der Waals surface area contributed by atoms with Crippen molar-refractivity contribution < 1.29 is 23.9 Å². The molecule has 0 aliphatic carbocycles. The maximum atomic E-state index is 12.8. The molecule has 0 radical (unpaired) electrons. The van der Waals surface area contributed by atoms with E-state index < -0.39 is 29.4 Å². The Balaban J connectivity index is 3.46. The number of rotatable bonds is 4. The zero-order chi connectivity index (χ0) is 21.0. The molecule has 0 aliphatic heterocycles. The quantitative estimate of drug-likeness (QED) is 0.602. The van der Waals surface area contributed by atoms with Crippen LogP contribution in [-0.4, -0.2) is 34.6 Å². The predicted octanol–water partition coefficient (Wildman–Crippen LogP) is 5.78. The highest BCUT2D eigenvalue weighted by atomic mass is 35.5. The van der Waals surface area contributed by atoms with Gasteiger partial charge in [0.15, 0.2) is 0 Å². The summed E-state index contributed by atoms with van der Waals surface area (Å²) in [6, 6.07) is 3.93. The van der Waals surface area contributed by atoms with Gasteiger partial charge in [0.1, 0.15) is 17.5 Å². The number of benzene rings is 1. The van der Waals surface area contributed by atoms with E-state index in [0.29, 0.717) is 28.9 Å². The van der Waals surface area contributed by atoms with Crippen molar-refractivity contribution in [2.24, 2.45) is 0 Å². The van der Waals surface area contributed by atoms with Crippen LogP contribution in [0.3, 0.4) is 0 Å². The molecule has 0 unspecified atom stereocenters. The van der Waals surface area contributed by atoms with E-state index in [9.17, 15) is 14.4 Å². The Bertz CT molecular complexity index is 675. The van der Waals surface area contributed by atoms with Gasteiger partial charge in [-0.15, -0.1) is 0 Å². The number of amides is 2. The summed E-state index contributed by atoms with van der Waals surface area (Å²) in [5, 5.41) is 0.391. The van der Waals surface area contributed by atoms with Crippen LogP contribution in [0.4, 0.5) is 9.59 Å². The molecule has 0 N–H and O–H groups in total. The van der Waals surface area contributed by atoms with Gasteiger partial charge >= 0.3 is 12.2 Å². The summed E-state index contributed by atoms with van der Waals surface area (Å²) in [6.45, 7) is 12.0. The molecule has 0 spiro atoms. The average Bonchev–Trinajstić information content (AvgIpc) is 2.48. The molecule has 6 nitrogen and oxygen atoms in total. The third kappa shape index (κ3) is 6.86. The first-order chi connectivity index (χ1) is 12.3. The molecule has 0 fully saturated rings. The molecule has 1 atom stereocenters. The topological polar surface area (TPSA) is 72.9 Å². The van der Waals surface area contributed by atoms with Crippen molar-refractivity contribution in [3.8, 4) is 0 Å². The molecule has 0 saturated heterocycles. The lowest BCUT2D eigenvalue weighted by atomic mass is 9.98. The maximum Gasteiger partial charge on any atom is 0.420 e. The number of aldehydes is 1. The molecule has 0 heterocycles. The molecule has 150 valence electrons. The number of halogens is 1. The highest BCUT2D eigenvalue weighted by molar-refractivity contribution is 6.30. The lowest BCUT2D eigenvalue weighted by Gasteiger charge is -2.33. The fourth-order valence-electron chi connectivity index (χ4n) is 2.43. The smallest absolute Gasteiger partial charge is 0.420 e. The second-order valence-electron chi connectivity index (χ2n) is 8.15. The van der Waals surface area contributed by atoms with Crippen LogP contribution in [0.1, 0.15) is 76.9 Å². The number of ether oxygens (including phenoxy) is 2. The van der Waals surface area contributed by atoms with Crippen molar-refractivity contribution in [1.82, 2.24) is 4.90 Å². The summed E-state index contributed by atoms with van der Waals surface area (Å²) in [5.41, 5.74) is -0.824. The van der Waals surface area contributed by atoms with E-state index in [-0.39, 0.29) is 0 Å².